The van der Waals surface area contributed by atoms with Gasteiger partial charge in [-0.3, -0.25) is 5.32 Å². The smallest absolute Gasteiger partial charge is 0.327 e. The second kappa shape index (κ2) is 5.94. The summed E-state index contributed by atoms with van der Waals surface area (Å²) < 4.78 is 37.4. The van der Waals surface area contributed by atoms with Crippen molar-refractivity contribution in [3.8, 4) is 0 Å². The van der Waals surface area contributed by atoms with Crippen molar-refractivity contribution in [1.82, 2.24) is 9.97 Å². The van der Waals surface area contributed by atoms with Crippen LogP contribution in [0.2, 0.25) is 0 Å². The molecule has 0 radical (unpaired) electrons. The van der Waals surface area contributed by atoms with E-state index in [1.165, 1.54) is 12.1 Å². The highest BCUT2D eigenvalue weighted by Crippen LogP contribution is 2.29. The number of imidazole rings is 1. The van der Waals surface area contributed by atoms with Crippen LogP contribution in [0.25, 0.3) is 0 Å². The number of urea groups is 1. The number of alkyl halides is 3. The van der Waals surface area contributed by atoms with Crippen molar-refractivity contribution in [2.24, 2.45) is 0 Å². The molecule has 0 aliphatic carbocycles. The van der Waals surface area contributed by atoms with E-state index in [1.54, 1.807) is 6.20 Å². The lowest BCUT2D eigenvalue weighted by Gasteiger charge is -2.15. The first-order valence-corrected chi connectivity index (χ1v) is 6.86. The Bertz CT molecular complexity index is 684. The summed E-state index contributed by atoms with van der Waals surface area (Å²) in [6.07, 6.45) is -2.79. The SMILES string of the molecule is CC(C)(C)c1cnc(NC(=O)Nc2ccc(C(F)(F)F)cc2)[nH]1. The van der Waals surface area contributed by atoms with Crippen LogP contribution in [0.4, 0.5) is 29.6 Å². The number of amides is 2. The topological polar surface area (TPSA) is 69.8 Å². The minimum absolute atomic E-state index is 0.142. The first kappa shape index (κ1) is 16.9. The molecule has 8 heteroatoms. The van der Waals surface area contributed by atoms with E-state index in [4.69, 9.17) is 0 Å². The third-order valence-corrected chi connectivity index (χ3v) is 3.09. The van der Waals surface area contributed by atoms with Gasteiger partial charge in [-0.05, 0) is 24.3 Å². The zero-order valence-corrected chi connectivity index (χ0v) is 12.9. The number of carbonyl (C=O) groups excluding carboxylic acids is 1. The highest BCUT2D eigenvalue weighted by molar-refractivity contribution is 5.98. The zero-order valence-electron chi connectivity index (χ0n) is 12.9. The van der Waals surface area contributed by atoms with E-state index in [2.05, 4.69) is 20.6 Å². The van der Waals surface area contributed by atoms with E-state index >= 15 is 0 Å². The van der Waals surface area contributed by atoms with Crippen molar-refractivity contribution >= 4 is 17.7 Å². The maximum absolute atomic E-state index is 12.5. The second-order valence-electron chi connectivity index (χ2n) is 6.05. The minimum Gasteiger partial charge on any atom is -0.327 e. The molecule has 0 spiro atoms. The minimum atomic E-state index is -4.40. The number of hydrogen-bond acceptors (Lipinski definition) is 2. The Morgan fingerprint density at radius 2 is 1.70 bits per heavy atom. The number of hydrogen-bond donors (Lipinski definition) is 3. The van der Waals surface area contributed by atoms with Crippen molar-refractivity contribution in [2.75, 3.05) is 10.6 Å². The summed E-state index contributed by atoms with van der Waals surface area (Å²) in [5.41, 5.74) is 0.182. The molecule has 1 aromatic heterocycles. The Hall–Kier alpha value is -2.51. The summed E-state index contributed by atoms with van der Waals surface area (Å²) >= 11 is 0. The number of nitrogens with zero attached hydrogens (tertiary/aromatic N) is 1. The monoisotopic (exact) mass is 326 g/mol. The average molecular weight is 326 g/mol. The maximum Gasteiger partial charge on any atom is 0.416 e. The summed E-state index contributed by atoms with van der Waals surface area (Å²) in [7, 11) is 0. The Morgan fingerprint density at radius 1 is 1.09 bits per heavy atom. The number of aromatic amines is 1. The molecule has 2 amide bonds. The molecule has 0 aliphatic heterocycles. The number of aromatic nitrogens is 2. The number of halogens is 3. The van der Waals surface area contributed by atoms with Gasteiger partial charge in [-0.15, -0.1) is 0 Å². The maximum atomic E-state index is 12.5. The Kier molecular flexibility index (Phi) is 4.35. The van der Waals surface area contributed by atoms with Gasteiger partial charge in [-0.2, -0.15) is 13.2 Å². The fraction of sp³-hybridized carbons (Fsp3) is 0.333. The predicted octanol–water partition coefficient (Wildman–Crippen LogP) is 4.37. The van der Waals surface area contributed by atoms with E-state index in [-0.39, 0.29) is 17.1 Å². The van der Waals surface area contributed by atoms with Gasteiger partial charge in [0.25, 0.3) is 0 Å². The van der Waals surface area contributed by atoms with Crippen molar-refractivity contribution < 1.29 is 18.0 Å². The molecule has 0 saturated heterocycles. The van der Waals surface area contributed by atoms with Crippen LogP contribution in [0.3, 0.4) is 0 Å². The van der Waals surface area contributed by atoms with Crippen LogP contribution in [0.5, 0.6) is 0 Å². The van der Waals surface area contributed by atoms with Crippen LogP contribution in [0.1, 0.15) is 32.0 Å². The fourth-order valence-corrected chi connectivity index (χ4v) is 1.78. The van der Waals surface area contributed by atoms with E-state index in [1.807, 2.05) is 20.8 Å². The van der Waals surface area contributed by atoms with Crippen LogP contribution in [-0.2, 0) is 11.6 Å². The van der Waals surface area contributed by atoms with Gasteiger partial charge in [0.2, 0.25) is 5.95 Å². The average Bonchev–Trinajstić information content (AvgIpc) is 2.86. The lowest BCUT2D eigenvalue weighted by atomic mass is 9.93. The third kappa shape index (κ3) is 4.48. The molecular weight excluding hydrogens is 309 g/mol. The summed E-state index contributed by atoms with van der Waals surface area (Å²) in [6, 6.07) is 3.58. The van der Waals surface area contributed by atoms with E-state index in [9.17, 15) is 18.0 Å². The largest absolute Gasteiger partial charge is 0.416 e. The molecule has 124 valence electrons. The molecule has 0 saturated carbocycles. The number of nitrogens with one attached hydrogen (secondary N) is 3. The number of benzene rings is 1. The number of H-pyrrole nitrogens is 1. The van der Waals surface area contributed by atoms with Gasteiger partial charge in [-0.25, -0.2) is 9.78 Å². The van der Waals surface area contributed by atoms with Crippen molar-refractivity contribution in [3.05, 3.63) is 41.7 Å². The lowest BCUT2D eigenvalue weighted by Crippen LogP contribution is -2.20. The van der Waals surface area contributed by atoms with Gasteiger partial charge in [0.15, 0.2) is 0 Å². The van der Waals surface area contributed by atoms with Gasteiger partial charge in [0.1, 0.15) is 0 Å². The molecule has 2 rings (SSSR count). The Morgan fingerprint density at radius 3 is 2.17 bits per heavy atom. The predicted molar refractivity (Wildman–Crippen MR) is 81.4 cm³/mol. The molecule has 5 nitrogen and oxygen atoms in total. The van der Waals surface area contributed by atoms with Crippen molar-refractivity contribution in [1.29, 1.82) is 0 Å². The molecule has 2 aromatic rings. The highest BCUT2D eigenvalue weighted by atomic mass is 19.4. The van der Waals surface area contributed by atoms with Crippen LogP contribution >= 0.6 is 0 Å². The van der Waals surface area contributed by atoms with Crippen LogP contribution in [-0.4, -0.2) is 16.0 Å². The Balaban J connectivity index is 1.98. The molecule has 0 bridgehead atoms. The molecular formula is C15H17F3N4O. The summed E-state index contributed by atoms with van der Waals surface area (Å²) in [5, 5.41) is 4.93. The number of carbonyl (C=O) groups is 1. The first-order valence-electron chi connectivity index (χ1n) is 6.86. The third-order valence-electron chi connectivity index (χ3n) is 3.09. The molecule has 0 fully saturated rings. The van der Waals surface area contributed by atoms with Crippen molar-refractivity contribution in [3.63, 3.8) is 0 Å². The summed E-state index contributed by atoms with van der Waals surface area (Å²) in [5.74, 6) is 0.263. The van der Waals surface area contributed by atoms with Crippen LogP contribution in [0.15, 0.2) is 30.5 Å². The number of anilines is 2. The molecule has 3 N–H and O–H groups in total. The normalized spacial score (nSPS) is 12.1. The van der Waals surface area contributed by atoms with Gasteiger partial charge in [-0.1, -0.05) is 20.8 Å². The van der Waals surface area contributed by atoms with Crippen LogP contribution < -0.4 is 10.6 Å². The zero-order chi connectivity index (χ0) is 17.3. The van der Waals surface area contributed by atoms with Crippen molar-refractivity contribution in [2.45, 2.75) is 32.4 Å². The first-order chi connectivity index (χ1) is 10.6. The summed E-state index contributed by atoms with van der Waals surface area (Å²) in [6.45, 7) is 5.98. The van der Waals surface area contributed by atoms with Crippen LogP contribution in [0, 0.1) is 0 Å². The molecule has 1 heterocycles. The molecule has 0 aliphatic rings. The van der Waals surface area contributed by atoms with E-state index < -0.39 is 17.8 Å². The fourth-order valence-electron chi connectivity index (χ4n) is 1.78. The standard InChI is InChI=1S/C15H17F3N4O/c1-14(2,3)11-8-19-12(21-11)22-13(23)20-10-6-4-9(5-7-10)15(16,17)18/h4-8H,1-3H3,(H3,19,20,21,22,23). The van der Waals surface area contributed by atoms with Gasteiger partial charge < -0.3 is 10.3 Å². The quantitative estimate of drug-likeness (QED) is 0.767. The van der Waals surface area contributed by atoms with E-state index in [0.29, 0.717) is 0 Å². The highest BCUT2D eigenvalue weighted by Gasteiger charge is 2.30. The Labute approximate surface area is 131 Å². The summed E-state index contributed by atoms with van der Waals surface area (Å²) in [4.78, 5) is 18.8. The molecule has 0 unspecified atom stereocenters. The molecule has 0 atom stereocenters. The number of rotatable bonds is 2. The molecule has 1 aromatic carbocycles. The molecule has 23 heavy (non-hydrogen) atoms. The van der Waals surface area contributed by atoms with Gasteiger partial charge in [0, 0.05) is 16.8 Å². The lowest BCUT2D eigenvalue weighted by molar-refractivity contribution is -0.137. The van der Waals surface area contributed by atoms with Gasteiger partial charge >= 0.3 is 12.2 Å². The van der Waals surface area contributed by atoms with Gasteiger partial charge in [0.05, 0.1) is 11.8 Å². The van der Waals surface area contributed by atoms with E-state index in [0.717, 1.165) is 17.8 Å². The second-order valence-corrected chi connectivity index (χ2v) is 6.05.